The van der Waals surface area contributed by atoms with Gasteiger partial charge in [0.15, 0.2) is 16.6 Å². The molecule has 1 aromatic heterocycles. The molecule has 27 heavy (non-hydrogen) atoms. The van der Waals surface area contributed by atoms with Gasteiger partial charge in [0.1, 0.15) is 13.2 Å². The third-order valence-corrected chi connectivity index (χ3v) is 5.41. The summed E-state index contributed by atoms with van der Waals surface area (Å²) in [5, 5.41) is 5.29. The topological polar surface area (TPSA) is 95.7 Å². The Labute approximate surface area is 167 Å². The normalized spacial score (nSPS) is 17.7. The number of fused-ring (bicyclic) bond motifs is 1. The van der Waals surface area contributed by atoms with Gasteiger partial charge in [-0.25, -0.2) is 4.98 Å². The average molecular weight is 412 g/mol. The van der Waals surface area contributed by atoms with E-state index in [0.29, 0.717) is 37.3 Å². The number of rotatable bonds is 4. The fourth-order valence-electron chi connectivity index (χ4n) is 3.14. The highest BCUT2D eigenvalue weighted by molar-refractivity contribution is 7.14. The molecule has 3 N–H and O–H groups in total. The first-order valence-corrected chi connectivity index (χ1v) is 9.58. The van der Waals surface area contributed by atoms with Gasteiger partial charge >= 0.3 is 0 Å². The standard InChI is InChI=1S/C18H21N3O4S.ClH/c19-16(11-3-5-23-6-4-11)17(22)21-18-20-13(10-26-18)12-1-2-14-15(9-12)25-8-7-24-14;/h1-2,9-11,16H,3-8,19H2,(H,20,21,22);1H. The third kappa shape index (κ3) is 4.52. The molecule has 0 bridgehead atoms. The van der Waals surface area contributed by atoms with Crippen LogP contribution >= 0.6 is 23.7 Å². The van der Waals surface area contributed by atoms with E-state index in [1.165, 1.54) is 11.3 Å². The van der Waals surface area contributed by atoms with Crippen LogP contribution in [0.2, 0.25) is 0 Å². The molecule has 1 amide bonds. The Morgan fingerprint density at radius 1 is 1.19 bits per heavy atom. The summed E-state index contributed by atoms with van der Waals surface area (Å²) < 4.78 is 16.5. The molecule has 0 aliphatic carbocycles. The molecule has 1 saturated heterocycles. The maximum absolute atomic E-state index is 12.4. The van der Waals surface area contributed by atoms with Crippen molar-refractivity contribution >= 4 is 34.8 Å². The Kier molecular flexibility index (Phi) is 6.54. The zero-order valence-electron chi connectivity index (χ0n) is 14.7. The molecule has 0 spiro atoms. The number of nitrogens with zero attached hydrogens (tertiary/aromatic N) is 1. The lowest BCUT2D eigenvalue weighted by molar-refractivity contribution is -0.119. The van der Waals surface area contributed by atoms with Crippen molar-refractivity contribution in [3.63, 3.8) is 0 Å². The molecule has 2 aliphatic rings. The lowest BCUT2D eigenvalue weighted by Gasteiger charge is -2.26. The Morgan fingerprint density at radius 3 is 2.70 bits per heavy atom. The molecular weight excluding hydrogens is 390 g/mol. The summed E-state index contributed by atoms with van der Waals surface area (Å²) in [5.41, 5.74) is 7.81. The monoisotopic (exact) mass is 411 g/mol. The number of nitrogens with one attached hydrogen (secondary N) is 1. The summed E-state index contributed by atoms with van der Waals surface area (Å²) in [7, 11) is 0. The number of thiazole rings is 1. The molecule has 7 nitrogen and oxygen atoms in total. The Bertz CT molecular complexity index is 795. The highest BCUT2D eigenvalue weighted by Crippen LogP contribution is 2.35. The first-order valence-electron chi connectivity index (χ1n) is 8.70. The van der Waals surface area contributed by atoms with Crippen LogP contribution in [0.4, 0.5) is 5.13 Å². The molecule has 1 fully saturated rings. The van der Waals surface area contributed by atoms with E-state index in [1.54, 1.807) is 0 Å². The van der Waals surface area contributed by atoms with Crippen LogP contribution in [0.3, 0.4) is 0 Å². The van der Waals surface area contributed by atoms with E-state index in [2.05, 4.69) is 10.3 Å². The Morgan fingerprint density at radius 2 is 1.93 bits per heavy atom. The zero-order chi connectivity index (χ0) is 17.9. The van der Waals surface area contributed by atoms with Gasteiger partial charge in [-0.15, -0.1) is 23.7 Å². The predicted octanol–water partition coefficient (Wildman–Crippen LogP) is 2.70. The van der Waals surface area contributed by atoms with E-state index >= 15 is 0 Å². The predicted molar refractivity (Wildman–Crippen MR) is 106 cm³/mol. The van der Waals surface area contributed by atoms with Crippen LogP contribution in [0.15, 0.2) is 23.6 Å². The quantitative estimate of drug-likeness (QED) is 0.803. The number of aromatic nitrogens is 1. The van der Waals surface area contributed by atoms with Gasteiger partial charge in [0.25, 0.3) is 0 Å². The van der Waals surface area contributed by atoms with Crippen molar-refractivity contribution < 1.29 is 19.0 Å². The second-order valence-electron chi connectivity index (χ2n) is 6.36. The Balaban J connectivity index is 0.00000210. The summed E-state index contributed by atoms with van der Waals surface area (Å²) in [5.74, 6) is 1.42. The Hall–Kier alpha value is -1.87. The summed E-state index contributed by atoms with van der Waals surface area (Å²) in [4.78, 5) is 16.9. The van der Waals surface area contributed by atoms with Gasteiger partial charge in [0.05, 0.1) is 11.7 Å². The van der Waals surface area contributed by atoms with Crippen LogP contribution in [-0.2, 0) is 9.53 Å². The van der Waals surface area contributed by atoms with E-state index in [4.69, 9.17) is 19.9 Å². The fourth-order valence-corrected chi connectivity index (χ4v) is 3.87. The van der Waals surface area contributed by atoms with Crippen molar-refractivity contribution in [1.29, 1.82) is 0 Å². The molecule has 4 rings (SSSR count). The van der Waals surface area contributed by atoms with Crippen LogP contribution in [0, 0.1) is 5.92 Å². The van der Waals surface area contributed by atoms with Crippen molar-refractivity contribution in [2.75, 3.05) is 31.7 Å². The van der Waals surface area contributed by atoms with Crippen molar-refractivity contribution in [2.24, 2.45) is 11.7 Å². The van der Waals surface area contributed by atoms with Gasteiger partial charge in [0.2, 0.25) is 5.91 Å². The number of hydrogen-bond donors (Lipinski definition) is 2. The van der Waals surface area contributed by atoms with Crippen molar-refractivity contribution in [3.05, 3.63) is 23.6 Å². The minimum Gasteiger partial charge on any atom is -0.486 e. The largest absolute Gasteiger partial charge is 0.486 e. The zero-order valence-corrected chi connectivity index (χ0v) is 16.3. The average Bonchev–Trinajstić information content (AvgIpc) is 3.16. The summed E-state index contributed by atoms with van der Waals surface area (Å²) >= 11 is 1.38. The second kappa shape index (κ2) is 8.88. The number of nitrogens with two attached hydrogens (primary N) is 1. The molecule has 146 valence electrons. The number of carbonyl (C=O) groups is 1. The van der Waals surface area contributed by atoms with E-state index in [9.17, 15) is 4.79 Å². The number of amides is 1. The van der Waals surface area contributed by atoms with E-state index in [-0.39, 0.29) is 24.2 Å². The molecule has 9 heteroatoms. The summed E-state index contributed by atoms with van der Waals surface area (Å²) in [6, 6.07) is 5.17. The number of ether oxygens (including phenoxy) is 3. The van der Waals surface area contributed by atoms with E-state index < -0.39 is 6.04 Å². The lowest BCUT2D eigenvalue weighted by Crippen LogP contribution is -2.43. The van der Waals surface area contributed by atoms with Crippen LogP contribution < -0.4 is 20.5 Å². The molecule has 1 unspecified atom stereocenters. The van der Waals surface area contributed by atoms with Crippen LogP contribution in [0.1, 0.15) is 12.8 Å². The number of anilines is 1. The molecule has 1 aromatic carbocycles. The van der Waals surface area contributed by atoms with Gasteiger partial charge in [-0.3, -0.25) is 4.79 Å². The van der Waals surface area contributed by atoms with Crippen LogP contribution in [0.5, 0.6) is 11.5 Å². The van der Waals surface area contributed by atoms with E-state index in [1.807, 2.05) is 23.6 Å². The minimum atomic E-state index is -0.541. The lowest BCUT2D eigenvalue weighted by atomic mass is 9.92. The van der Waals surface area contributed by atoms with Crippen molar-refractivity contribution in [2.45, 2.75) is 18.9 Å². The molecule has 2 aliphatic heterocycles. The molecule has 0 saturated carbocycles. The first kappa shape index (κ1) is 19.9. The van der Waals surface area contributed by atoms with Crippen LogP contribution in [-0.4, -0.2) is 43.4 Å². The molecule has 2 aromatic rings. The van der Waals surface area contributed by atoms with Gasteiger partial charge in [-0.2, -0.15) is 0 Å². The molecule has 0 radical (unpaired) electrons. The molecular formula is C18H22ClN3O4S. The number of halogens is 1. The van der Waals surface area contributed by atoms with Gasteiger partial charge in [-0.1, -0.05) is 0 Å². The number of hydrogen-bond acceptors (Lipinski definition) is 7. The fraction of sp³-hybridized carbons (Fsp3) is 0.444. The van der Waals surface area contributed by atoms with Gasteiger partial charge < -0.3 is 25.3 Å². The molecule has 1 atom stereocenters. The maximum atomic E-state index is 12.4. The third-order valence-electron chi connectivity index (χ3n) is 4.65. The van der Waals surface area contributed by atoms with Gasteiger partial charge in [0, 0.05) is 24.2 Å². The van der Waals surface area contributed by atoms with Crippen molar-refractivity contribution in [1.82, 2.24) is 4.98 Å². The summed E-state index contributed by atoms with van der Waals surface area (Å²) in [6.07, 6.45) is 1.63. The van der Waals surface area contributed by atoms with Crippen LogP contribution in [0.25, 0.3) is 11.3 Å². The minimum absolute atomic E-state index is 0. The highest BCUT2D eigenvalue weighted by atomic mass is 35.5. The molecule has 3 heterocycles. The summed E-state index contributed by atoms with van der Waals surface area (Å²) in [6.45, 7) is 2.43. The number of carbonyl (C=O) groups excluding carboxylic acids is 1. The van der Waals surface area contributed by atoms with E-state index in [0.717, 1.165) is 29.8 Å². The maximum Gasteiger partial charge on any atom is 0.243 e. The second-order valence-corrected chi connectivity index (χ2v) is 7.22. The number of benzene rings is 1. The first-order chi connectivity index (χ1) is 12.7. The SMILES string of the molecule is Cl.NC(C(=O)Nc1nc(-c2ccc3c(c2)OCCO3)cs1)C1CCOCC1. The highest BCUT2D eigenvalue weighted by Gasteiger charge is 2.27. The van der Waals surface area contributed by atoms with Crippen molar-refractivity contribution in [3.8, 4) is 22.8 Å². The van der Waals surface area contributed by atoms with Gasteiger partial charge in [-0.05, 0) is 37.0 Å². The smallest absolute Gasteiger partial charge is 0.243 e.